The summed E-state index contributed by atoms with van der Waals surface area (Å²) in [5, 5.41) is 7.77. The van der Waals surface area contributed by atoms with Crippen molar-refractivity contribution in [1.29, 1.82) is 0 Å². The number of amides is 2. The molecule has 1 aromatic rings. The van der Waals surface area contributed by atoms with Gasteiger partial charge in [0.05, 0.1) is 13.2 Å². The fourth-order valence-corrected chi connectivity index (χ4v) is 2.32. The van der Waals surface area contributed by atoms with Crippen molar-refractivity contribution in [3.63, 3.8) is 0 Å². The Hall–Kier alpha value is -1.63. The number of morpholine rings is 1. The van der Waals surface area contributed by atoms with Crippen LogP contribution in [0.3, 0.4) is 0 Å². The van der Waals surface area contributed by atoms with Crippen LogP contribution in [0.25, 0.3) is 0 Å². The second-order valence-corrected chi connectivity index (χ2v) is 5.13. The van der Waals surface area contributed by atoms with E-state index in [2.05, 4.69) is 10.2 Å². The van der Waals surface area contributed by atoms with Gasteiger partial charge in [0.2, 0.25) is 11.8 Å². The summed E-state index contributed by atoms with van der Waals surface area (Å²) in [6.45, 7) is 9.96. The Morgan fingerprint density at radius 1 is 1.50 bits per heavy atom. The van der Waals surface area contributed by atoms with Crippen LogP contribution in [0.1, 0.15) is 38.7 Å². The normalized spacial score (nSPS) is 19.4. The molecular formula is C13H22N4O3. The maximum atomic E-state index is 12.5. The van der Waals surface area contributed by atoms with Crippen LogP contribution in [0.2, 0.25) is 0 Å². The molecule has 0 aromatic carbocycles. The minimum Gasteiger partial charge on any atom is -0.423 e. The lowest BCUT2D eigenvalue weighted by atomic mass is 10.2. The number of aromatic nitrogens is 2. The van der Waals surface area contributed by atoms with Crippen LogP contribution in [0, 0.1) is 6.92 Å². The van der Waals surface area contributed by atoms with Crippen LogP contribution in [0.15, 0.2) is 4.42 Å². The van der Waals surface area contributed by atoms with Gasteiger partial charge in [0.25, 0.3) is 0 Å². The van der Waals surface area contributed by atoms with Gasteiger partial charge in [-0.2, -0.15) is 0 Å². The lowest BCUT2D eigenvalue weighted by Gasteiger charge is -2.36. The first-order valence-electron chi connectivity index (χ1n) is 7.00. The number of carbonyl (C=O) groups is 1. The predicted molar refractivity (Wildman–Crippen MR) is 72.2 cm³/mol. The fraction of sp³-hybridized carbons (Fsp3) is 0.769. The summed E-state index contributed by atoms with van der Waals surface area (Å²) in [5.41, 5.74) is 0. The topological polar surface area (TPSA) is 71.7 Å². The second-order valence-electron chi connectivity index (χ2n) is 5.13. The summed E-state index contributed by atoms with van der Waals surface area (Å²) in [7, 11) is 0. The highest BCUT2D eigenvalue weighted by molar-refractivity contribution is 5.74. The molecule has 2 heterocycles. The Labute approximate surface area is 118 Å². The summed E-state index contributed by atoms with van der Waals surface area (Å²) in [5.74, 6) is 0.942. The van der Waals surface area contributed by atoms with Crippen LogP contribution in [-0.4, -0.2) is 58.3 Å². The Kier molecular flexibility index (Phi) is 4.59. The zero-order valence-electron chi connectivity index (χ0n) is 12.5. The summed E-state index contributed by atoms with van der Waals surface area (Å²) in [6.07, 6.45) is -0.334. The van der Waals surface area contributed by atoms with E-state index in [9.17, 15) is 4.79 Å². The molecule has 0 spiro atoms. The van der Waals surface area contributed by atoms with Gasteiger partial charge in [-0.15, -0.1) is 10.2 Å². The highest BCUT2D eigenvalue weighted by Gasteiger charge is 2.31. The number of rotatable bonds is 3. The molecule has 0 aliphatic carbocycles. The average Bonchev–Trinajstić information content (AvgIpc) is 2.86. The standard InChI is InChI=1S/C13H22N4O3/c1-5-17(9(2)3)13(18)16-6-7-19-11(8-16)12-15-14-10(4)20-12/h9,11H,5-8H2,1-4H3. The quantitative estimate of drug-likeness (QED) is 0.842. The second kappa shape index (κ2) is 6.21. The van der Waals surface area contributed by atoms with Gasteiger partial charge in [0, 0.05) is 26.1 Å². The predicted octanol–water partition coefficient (Wildman–Crippen LogP) is 1.60. The highest BCUT2D eigenvalue weighted by atomic mass is 16.5. The lowest BCUT2D eigenvalue weighted by molar-refractivity contribution is -0.0343. The van der Waals surface area contributed by atoms with Crippen molar-refractivity contribution in [3.05, 3.63) is 11.8 Å². The molecule has 1 saturated heterocycles. The van der Waals surface area contributed by atoms with Crippen molar-refractivity contribution in [1.82, 2.24) is 20.0 Å². The molecule has 2 rings (SSSR count). The Morgan fingerprint density at radius 3 is 2.80 bits per heavy atom. The van der Waals surface area contributed by atoms with Crippen LogP contribution in [0.4, 0.5) is 4.79 Å². The number of aryl methyl sites for hydroxylation is 1. The van der Waals surface area contributed by atoms with E-state index in [4.69, 9.17) is 9.15 Å². The van der Waals surface area contributed by atoms with Crippen LogP contribution in [0.5, 0.6) is 0 Å². The number of nitrogens with zero attached hydrogens (tertiary/aromatic N) is 4. The molecule has 112 valence electrons. The average molecular weight is 282 g/mol. The molecule has 1 aromatic heterocycles. The van der Waals surface area contributed by atoms with E-state index < -0.39 is 0 Å². The first-order valence-corrected chi connectivity index (χ1v) is 7.00. The van der Waals surface area contributed by atoms with Crippen LogP contribution < -0.4 is 0 Å². The number of hydrogen-bond donors (Lipinski definition) is 0. The molecule has 7 heteroatoms. The number of hydrogen-bond acceptors (Lipinski definition) is 5. The van der Waals surface area contributed by atoms with Gasteiger partial charge in [0.15, 0.2) is 6.10 Å². The molecule has 1 fully saturated rings. The number of urea groups is 1. The first kappa shape index (κ1) is 14.8. The Morgan fingerprint density at radius 2 is 2.25 bits per heavy atom. The van der Waals surface area contributed by atoms with E-state index in [1.54, 1.807) is 11.8 Å². The van der Waals surface area contributed by atoms with Gasteiger partial charge in [-0.3, -0.25) is 0 Å². The molecule has 0 N–H and O–H groups in total. The zero-order chi connectivity index (χ0) is 14.7. The first-order chi connectivity index (χ1) is 9.52. The lowest BCUT2D eigenvalue weighted by Crippen LogP contribution is -2.50. The highest BCUT2D eigenvalue weighted by Crippen LogP contribution is 2.22. The zero-order valence-corrected chi connectivity index (χ0v) is 12.5. The van der Waals surface area contributed by atoms with Crippen molar-refractivity contribution in [2.45, 2.75) is 39.8 Å². The minimum absolute atomic E-state index is 0.0343. The molecule has 1 atom stereocenters. The molecule has 1 unspecified atom stereocenters. The minimum atomic E-state index is -0.334. The van der Waals surface area contributed by atoms with Gasteiger partial charge in [-0.05, 0) is 20.8 Å². The Bertz CT molecular complexity index is 460. The fourth-order valence-electron chi connectivity index (χ4n) is 2.32. The summed E-state index contributed by atoms with van der Waals surface area (Å²) in [6, 6.07) is 0.214. The molecule has 20 heavy (non-hydrogen) atoms. The molecule has 0 bridgehead atoms. The number of carbonyl (C=O) groups excluding carboxylic acids is 1. The summed E-state index contributed by atoms with van der Waals surface area (Å²) in [4.78, 5) is 16.1. The summed E-state index contributed by atoms with van der Waals surface area (Å²) < 4.78 is 11.0. The molecule has 2 amide bonds. The number of ether oxygens (including phenoxy) is 1. The van der Waals surface area contributed by atoms with Gasteiger partial charge < -0.3 is 19.0 Å². The smallest absolute Gasteiger partial charge is 0.320 e. The monoisotopic (exact) mass is 282 g/mol. The van der Waals surface area contributed by atoms with Crippen molar-refractivity contribution >= 4 is 6.03 Å². The third-order valence-corrected chi connectivity index (χ3v) is 3.36. The molecule has 1 aliphatic rings. The third kappa shape index (κ3) is 3.09. The molecular weight excluding hydrogens is 260 g/mol. The molecule has 1 aliphatic heterocycles. The van der Waals surface area contributed by atoms with E-state index in [0.29, 0.717) is 38.0 Å². The van der Waals surface area contributed by atoms with E-state index in [1.807, 2.05) is 25.7 Å². The largest absolute Gasteiger partial charge is 0.423 e. The summed E-state index contributed by atoms with van der Waals surface area (Å²) >= 11 is 0. The third-order valence-electron chi connectivity index (χ3n) is 3.36. The SMILES string of the molecule is CCN(C(=O)N1CCOC(c2nnc(C)o2)C1)C(C)C. The maximum absolute atomic E-state index is 12.5. The van der Waals surface area contributed by atoms with E-state index >= 15 is 0 Å². The molecule has 0 radical (unpaired) electrons. The van der Waals surface area contributed by atoms with Gasteiger partial charge >= 0.3 is 6.03 Å². The molecule has 7 nitrogen and oxygen atoms in total. The van der Waals surface area contributed by atoms with Gasteiger partial charge in [-0.25, -0.2) is 4.79 Å². The Balaban J connectivity index is 2.05. The van der Waals surface area contributed by atoms with E-state index in [0.717, 1.165) is 0 Å². The van der Waals surface area contributed by atoms with E-state index in [1.165, 1.54) is 0 Å². The van der Waals surface area contributed by atoms with Crippen molar-refractivity contribution in [2.24, 2.45) is 0 Å². The van der Waals surface area contributed by atoms with Crippen molar-refractivity contribution in [2.75, 3.05) is 26.2 Å². The van der Waals surface area contributed by atoms with Gasteiger partial charge in [-0.1, -0.05) is 0 Å². The van der Waals surface area contributed by atoms with Crippen molar-refractivity contribution < 1.29 is 13.9 Å². The van der Waals surface area contributed by atoms with Crippen LogP contribution in [-0.2, 0) is 4.74 Å². The van der Waals surface area contributed by atoms with Gasteiger partial charge in [0.1, 0.15) is 0 Å². The maximum Gasteiger partial charge on any atom is 0.320 e. The molecule has 0 saturated carbocycles. The van der Waals surface area contributed by atoms with E-state index in [-0.39, 0.29) is 18.2 Å². The van der Waals surface area contributed by atoms with Crippen LogP contribution >= 0.6 is 0 Å². The van der Waals surface area contributed by atoms with Crippen molar-refractivity contribution in [3.8, 4) is 0 Å².